The molecule has 2 bridgehead atoms. The van der Waals surface area contributed by atoms with Gasteiger partial charge >= 0.3 is 5.97 Å². The maximum Gasteiger partial charge on any atom is 0.330 e. The number of halogens is 2. The van der Waals surface area contributed by atoms with Gasteiger partial charge in [-0.2, -0.15) is 0 Å². The molecule has 0 N–H and O–H groups in total. The maximum atomic E-state index is 14.5. The third-order valence-corrected chi connectivity index (χ3v) is 10.3. The van der Waals surface area contributed by atoms with Crippen molar-refractivity contribution in [2.45, 2.75) is 28.8 Å². The molecule has 3 aliphatic carbocycles. The smallest absolute Gasteiger partial charge is 0.330 e. The van der Waals surface area contributed by atoms with Gasteiger partial charge in [0.2, 0.25) is 11.8 Å². The molecule has 44 heavy (non-hydrogen) atoms. The van der Waals surface area contributed by atoms with Crippen molar-refractivity contribution in [2.75, 3.05) is 0 Å². The molecule has 8 nitrogen and oxygen atoms in total. The molecule has 4 aliphatic rings. The first-order chi connectivity index (χ1) is 21.2. The molecule has 0 aromatic heterocycles. The monoisotopic (exact) mass is 626 g/mol. The van der Waals surface area contributed by atoms with Crippen LogP contribution < -0.4 is 0 Å². The Morgan fingerprint density at radius 1 is 0.750 bits per heavy atom. The number of nitrogens with zero attached hydrogens (tertiary/aromatic N) is 2. The summed E-state index contributed by atoms with van der Waals surface area (Å²) >= 11 is 15.1. The van der Waals surface area contributed by atoms with Gasteiger partial charge in [-0.15, -0.1) is 23.2 Å². The van der Waals surface area contributed by atoms with Crippen LogP contribution in [0.3, 0.4) is 0 Å². The number of esters is 1. The van der Waals surface area contributed by atoms with Crippen LogP contribution >= 0.6 is 23.2 Å². The van der Waals surface area contributed by atoms with Crippen molar-refractivity contribution >= 4 is 46.7 Å². The minimum absolute atomic E-state index is 0.0152. The normalized spacial score (nSPS) is 25.2. The Morgan fingerprint density at radius 2 is 1.20 bits per heavy atom. The molecule has 8 rings (SSSR count). The first-order valence-corrected chi connectivity index (χ1v) is 14.8. The predicted octanol–water partition coefficient (Wildman–Crippen LogP) is 5.84. The molecule has 2 amide bonds. The Kier molecular flexibility index (Phi) is 6.60. The van der Waals surface area contributed by atoms with Crippen molar-refractivity contribution in [1.29, 1.82) is 0 Å². The largest absolute Gasteiger partial charge is 0.459 e. The van der Waals surface area contributed by atoms with Crippen LogP contribution in [0.4, 0.5) is 5.69 Å². The molecule has 0 radical (unpaired) electrons. The van der Waals surface area contributed by atoms with Crippen LogP contribution in [0.15, 0.2) is 103 Å². The van der Waals surface area contributed by atoms with E-state index in [0.717, 1.165) is 10.5 Å². The van der Waals surface area contributed by atoms with Gasteiger partial charge in [0, 0.05) is 18.6 Å². The predicted molar refractivity (Wildman–Crippen MR) is 162 cm³/mol. The Balaban J connectivity index is 1.29. The lowest BCUT2D eigenvalue weighted by molar-refractivity contribution is -0.384. The van der Waals surface area contributed by atoms with E-state index in [2.05, 4.69) is 0 Å². The van der Waals surface area contributed by atoms with Gasteiger partial charge in [0.1, 0.15) is 22.4 Å². The summed E-state index contributed by atoms with van der Waals surface area (Å²) in [7, 11) is 0. The van der Waals surface area contributed by atoms with E-state index < -0.39 is 50.3 Å². The molecular formula is C34H24Cl2N2O6. The van der Waals surface area contributed by atoms with Gasteiger partial charge in [0.25, 0.3) is 5.69 Å². The summed E-state index contributed by atoms with van der Waals surface area (Å²) in [5.74, 6) is -4.07. The molecule has 0 saturated carbocycles. The second-order valence-corrected chi connectivity index (χ2v) is 12.4. The number of likely N-dealkylation sites (tertiary alicyclic amines) is 1. The van der Waals surface area contributed by atoms with E-state index in [-0.39, 0.29) is 18.7 Å². The van der Waals surface area contributed by atoms with Crippen LogP contribution in [0.5, 0.6) is 0 Å². The van der Waals surface area contributed by atoms with E-state index in [1.165, 1.54) is 24.3 Å². The Morgan fingerprint density at radius 3 is 1.66 bits per heavy atom. The Hall–Kier alpha value is -4.53. The lowest BCUT2D eigenvalue weighted by Crippen LogP contribution is -2.57. The first-order valence-electron chi connectivity index (χ1n) is 14.1. The van der Waals surface area contributed by atoms with Crippen molar-refractivity contribution < 1.29 is 24.0 Å². The number of nitro groups is 1. The van der Waals surface area contributed by atoms with E-state index in [0.29, 0.717) is 27.8 Å². The number of rotatable bonds is 7. The second-order valence-electron chi connectivity index (χ2n) is 11.3. The van der Waals surface area contributed by atoms with Crippen LogP contribution in [0.25, 0.3) is 0 Å². The standard InChI is InChI=1S/C34H24Cl2N2O6/c35-33-23-10-4-5-11-24(23)34(36,26-13-7-6-12-25(26)33)29-28(33)30(39)37(31(29)40)27(18-20-8-2-1-3-9-20)32(41)44-19-21-14-16-22(17-15-21)38(42)43/h1-17,27-29H,18-19H2/t27-,28-,29+,33?,34?/m0/s1. The number of hydrogen-bond donors (Lipinski definition) is 0. The van der Waals surface area contributed by atoms with Crippen molar-refractivity contribution in [3.05, 3.63) is 147 Å². The number of carbonyl (C=O) groups is 3. The van der Waals surface area contributed by atoms with Gasteiger partial charge in [-0.3, -0.25) is 24.6 Å². The summed E-state index contributed by atoms with van der Waals surface area (Å²) in [4.78, 5) is 51.6. The van der Waals surface area contributed by atoms with Crippen LogP contribution in [0, 0.1) is 22.0 Å². The molecule has 220 valence electrons. The van der Waals surface area contributed by atoms with Crippen molar-refractivity contribution in [3.63, 3.8) is 0 Å². The molecule has 10 heteroatoms. The van der Waals surface area contributed by atoms with Crippen LogP contribution in [-0.4, -0.2) is 33.6 Å². The van der Waals surface area contributed by atoms with E-state index in [1.807, 2.05) is 54.6 Å². The van der Waals surface area contributed by atoms with Crippen LogP contribution in [0.2, 0.25) is 0 Å². The van der Waals surface area contributed by atoms with E-state index in [9.17, 15) is 24.5 Å². The lowest BCUT2D eigenvalue weighted by Gasteiger charge is -2.54. The molecule has 1 saturated heterocycles. The van der Waals surface area contributed by atoms with Gasteiger partial charge in [0.05, 0.1) is 16.8 Å². The molecule has 4 aromatic rings. The highest BCUT2D eigenvalue weighted by atomic mass is 35.5. The van der Waals surface area contributed by atoms with Crippen LogP contribution in [-0.2, 0) is 41.9 Å². The summed E-state index contributed by atoms with van der Waals surface area (Å²) in [5, 5.41) is 11.0. The Labute approximate surface area is 262 Å². The second kappa shape index (κ2) is 10.3. The number of imide groups is 1. The average molecular weight is 627 g/mol. The summed E-state index contributed by atoms with van der Waals surface area (Å²) in [5.41, 5.74) is 3.80. The van der Waals surface area contributed by atoms with Gasteiger partial charge in [-0.1, -0.05) is 78.9 Å². The van der Waals surface area contributed by atoms with Gasteiger partial charge in [0.15, 0.2) is 0 Å². The summed E-state index contributed by atoms with van der Waals surface area (Å²) in [6.07, 6.45) is 0.0152. The molecule has 4 aromatic carbocycles. The van der Waals surface area contributed by atoms with Crippen molar-refractivity contribution in [2.24, 2.45) is 11.8 Å². The molecular weight excluding hydrogens is 603 g/mol. The van der Waals surface area contributed by atoms with Crippen molar-refractivity contribution in [1.82, 2.24) is 4.90 Å². The van der Waals surface area contributed by atoms with Crippen LogP contribution in [0.1, 0.15) is 33.4 Å². The van der Waals surface area contributed by atoms with E-state index in [1.54, 1.807) is 24.3 Å². The SMILES string of the molecule is O=C(OCc1ccc([N+](=O)[O-])cc1)[C@H](Cc1ccccc1)N1C(=O)[C@@H]2[C@H](C1=O)C1(Cl)c3ccccc3C2(Cl)c2ccccc21. The van der Waals surface area contributed by atoms with Gasteiger partial charge in [-0.25, -0.2) is 4.79 Å². The summed E-state index contributed by atoms with van der Waals surface area (Å²) < 4.78 is 5.65. The molecule has 1 aliphatic heterocycles. The highest BCUT2D eigenvalue weighted by Gasteiger charge is 2.73. The Bertz CT molecular complexity index is 1720. The zero-order valence-electron chi connectivity index (χ0n) is 23.1. The number of nitro benzene ring substituents is 1. The molecule has 1 fully saturated rings. The quantitative estimate of drug-likeness (QED) is 0.0838. The summed E-state index contributed by atoms with van der Waals surface area (Å²) in [6.45, 7) is -0.207. The number of benzene rings is 4. The lowest BCUT2D eigenvalue weighted by atomic mass is 9.54. The average Bonchev–Trinajstić information content (AvgIpc) is 3.32. The number of hydrogen-bond acceptors (Lipinski definition) is 6. The van der Waals surface area contributed by atoms with E-state index >= 15 is 0 Å². The highest BCUT2D eigenvalue weighted by Crippen LogP contribution is 2.69. The van der Waals surface area contributed by atoms with Crippen molar-refractivity contribution in [3.8, 4) is 0 Å². The number of amides is 2. The maximum absolute atomic E-state index is 14.5. The third-order valence-electron chi connectivity index (χ3n) is 9.00. The number of ether oxygens (including phenoxy) is 1. The molecule has 0 spiro atoms. The molecule has 3 atom stereocenters. The minimum atomic E-state index is -1.38. The first kappa shape index (κ1) is 28.3. The fourth-order valence-corrected chi connectivity index (χ4v) is 8.18. The van der Waals surface area contributed by atoms with Gasteiger partial charge in [-0.05, 0) is 45.5 Å². The minimum Gasteiger partial charge on any atom is -0.459 e. The number of alkyl halides is 2. The zero-order valence-corrected chi connectivity index (χ0v) is 24.6. The molecule has 1 heterocycles. The highest BCUT2D eigenvalue weighted by molar-refractivity contribution is 6.36. The zero-order chi connectivity index (χ0) is 30.8. The number of non-ortho nitro benzene ring substituents is 1. The number of carbonyl (C=O) groups excluding carboxylic acids is 3. The van der Waals surface area contributed by atoms with E-state index in [4.69, 9.17) is 27.9 Å². The topological polar surface area (TPSA) is 107 Å². The summed E-state index contributed by atoms with van der Waals surface area (Å²) in [6, 6.07) is 28.0. The fourth-order valence-electron chi connectivity index (χ4n) is 7.08. The van der Waals surface area contributed by atoms with Gasteiger partial charge < -0.3 is 4.74 Å². The fraction of sp³-hybridized carbons (Fsp3) is 0.206. The third kappa shape index (κ3) is 3.94. The molecule has 0 unspecified atom stereocenters.